The molecule has 2 aromatic carbocycles. The minimum Gasteiger partial charge on any atom is -0.493 e. The lowest BCUT2D eigenvalue weighted by Gasteiger charge is -2.12. The van der Waals surface area contributed by atoms with E-state index < -0.39 is 0 Å². The molecule has 0 atom stereocenters. The van der Waals surface area contributed by atoms with Crippen molar-refractivity contribution in [2.24, 2.45) is 0 Å². The van der Waals surface area contributed by atoms with Crippen molar-refractivity contribution in [3.8, 4) is 17.2 Å². The molecule has 0 bridgehead atoms. The smallest absolute Gasteiger partial charge is 0.222 e. The number of amides is 1. The number of methoxy groups -OCH3 is 2. The van der Waals surface area contributed by atoms with E-state index in [1.165, 1.54) is 0 Å². The topological polar surface area (TPSA) is 68.8 Å². The van der Waals surface area contributed by atoms with Gasteiger partial charge in [0.15, 0.2) is 11.5 Å². The Morgan fingerprint density at radius 1 is 1.00 bits per heavy atom. The molecule has 0 saturated carbocycles. The quantitative estimate of drug-likeness (QED) is 0.682. The van der Waals surface area contributed by atoms with Gasteiger partial charge < -0.3 is 24.8 Å². The van der Waals surface area contributed by atoms with Crippen molar-refractivity contribution in [2.75, 3.05) is 32.7 Å². The molecule has 0 spiro atoms. The summed E-state index contributed by atoms with van der Waals surface area (Å²) in [6.07, 6.45) is 0.369. The molecule has 0 saturated heterocycles. The van der Waals surface area contributed by atoms with Crippen LogP contribution in [0, 0.1) is 0 Å². The number of anilines is 1. The molecule has 0 aliphatic heterocycles. The fourth-order valence-corrected chi connectivity index (χ4v) is 2.48. The first-order valence-electron chi connectivity index (χ1n) is 8.61. The van der Waals surface area contributed by atoms with Crippen molar-refractivity contribution in [3.63, 3.8) is 0 Å². The molecular weight excluding hydrogens is 332 g/mol. The molecule has 6 nitrogen and oxygen atoms in total. The maximum atomic E-state index is 12.1. The lowest BCUT2D eigenvalue weighted by molar-refractivity contribution is -0.121. The van der Waals surface area contributed by atoms with Gasteiger partial charge in [-0.2, -0.15) is 0 Å². The average Bonchev–Trinajstić information content (AvgIpc) is 2.67. The van der Waals surface area contributed by atoms with Crippen molar-refractivity contribution < 1.29 is 19.0 Å². The number of nitrogens with one attached hydrogen (secondary N) is 2. The van der Waals surface area contributed by atoms with E-state index in [1.807, 2.05) is 49.4 Å². The van der Waals surface area contributed by atoms with Gasteiger partial charge in [-0.05, 0) is 36.8 Å². The Bertz CT molecular complexity index is 719. The summed E-state index contributed by atoms with van der Waals surface area (Å²) in [4.78, 5) is 12.1. The highest BCUT2D eigenvalue weighted by atomic mass is 16.5. The number of rotatable bonds is 10. The summed E-state index contributed by atoms with van der Waals surface area (Å²) in [7, 11) is 3.18. The molecule has 2 N–H and O–H groups in total. The Hall–Kier alpha value is -2.89. The minimum atomic E-state index is -0.0267. The molecule has 0 heterocycles. The van der Waals surface area contributed by atoms with Crippen LogP contribution in [-0.4, -0.2) is 33.3 Å². The van der Waals surface area contributed by atoms with Crippen LogP contribution in [0.4, 0.5) is 5.69 Å². The second-order valence-electron chi connectivity index (χ2n) is 5.57. The molecule has 0 aliphatic carbocycles. The molecule has 0 aromatic heterocycles. The SMILES string of the molecule is CCOc1ccccc1NCCC(=O)NCc1ccc(OC)c(OC)c1. The predicted octanol–water partition coefficient (Wildman–Crippen LogP) is 3.22. The zero-order valence-corrected chi connectivity index (χ0v) is 15.5. The summed E-state index contributed by atoms with van der Waals surface area (Å²) < 4.78 is 16.0. The van der Waals surface area contributed by atoms with Gasteiger partial charge in [0.1, 0.15) is 5.75 Å². The molecule has 2 rings (SSSR count). The number of carbonyl (C=O) groups is 1. The molecule has 6 heteroatoms. The minimum absolute atomic E-state index is 0.0267. The third-order valence-electron chi connectivity index (χ3n) is 3.79. The monoisotopic (exact) mass is 358 g/mol. The highest BCUT2D eigenvalue weighted by Crippen LogP contribution is 2.27. The second-order valence-corrected chi connectivity index (χ2v) is 5.57. The van der Waals surface area contributed by atoms with Gasteiger partial charge in [0.25, 0.3) is 0 Å². The van der Waals surface area contributed by atoms with E-state index in [-0.39, 0.29) is 5.91 Å². The molecule has 140 valence electrons. The number of para-hydroxylation sites is 2. The van der Waals surface area contributed by atoms with Gasteiger partial charge >= 0.3 is 0 Å². The lowest BCUT2D eigenvalue weighted by atomic mass is 10.2. The van der Waals surface area contributed by atoms with Gasteiger partial charge in [-0.1, -0.05) is 18.2 Å². The first-order chi connectivity index (χ1) is 12.7. The van der Waals surface area contributed by atoms with E-state index >= 15 is 0 Å². The Morgan fingerprint density at radius 3 is 2.50 bits per heavy atom. The zero-order chi connectivity index (χ0) is 18.8. The molecule has 0 fully saturated rings. The summed E-state index contributed by atoms with van der Waals surface area (Å²) in [6.45, 7) is 3.51. The van der Waals surface area contributed by atoms with Crippen LogP contribution in [0.1, 0.15) is 18.9 Å². The molecule has 0 radical (unpaired) electrons. The largest absolute Gasteiger partial charge is 0.493 e. The van der Waals surface area contributed by atoms with Crippen LogP contribution < -0.4 is 24.8 Å². The van der Waals surface area contributed by atoms with Crippen molar-refractivity contribution in [1.82, 2.24) is 5.32 Å². The van der Waals surface area contributed by atoms with Gasteiger partial charge in [0, 0.05) is 19.5 Å². The molecule has 1 amide bonds. The normalized spacial score (nSPS) is 10.1. The Labute approximate surface area is 154 Å². The van der Waals surface area contributed by atoms with E-state index in [0.717, 1.165) is 17.0 Å². The molecule has 0 aliphatic rings. The third-order valence-corrected chi connectivity index (χ3v) is 3.79. The van der Waals surface area contributed by atoms with Crippen molar-refractivity contribution >= 4 is 11.6 Å². The lowest BCUT2D eigenvalue weighted by Crippen LogP contribution is -2.25. The van der Waals surface area contributed by atoms with E-state index in [4.69, 9.17) is 14.2 Å². The van der Waals surface area contributed by atoms with Crippen LogP contribution in [0.15, 0.2) is 42.5 Å². The van der Waals surface area contributed by atoms with Crippen molar-refractivity contribution in [1.29, 1.82) is 0 Å². The predicted molar refractivity (Wildman–Crippen MR) is 102 cm³/mol. The molecule has 26 heavy (non-hydrogen) atoms. The van der Waals surface area contributed by atoms with Crippen LogP contribution >= 0.6 is 0 Å². The summed E-state index contributed by atoms with van der Waals surface area (Å²) in [5, 5.41) is 6.15. The van der Waals surface area contributed by atoms with E-state index in [1.54, 1.807) is 14.2 Å². The van der Waals surface area contributed by atoms with E-state index in [0.29, 0.717) is 37.6 Å². The van der Waals surface area contributed by atoms with Gasteiger partial charge in [-0.3, -0.25) is 4.79 Å². The Kier molecular flexibility index (Phi) is 7.61. The average molecular weight is 358 g/mol. The fourth-order valence-electron chi connectivity index (χ4n) is 2.48. The highest BCUT2D eigenvalue weighted by Gasteiger charge is 2.07. The first kappa shape index (κ1) is 19.4. The van der Waals surface area contributed by atoms with Gasteiger partial charge in [0.05, 0.1) is 26.5 Å². The number of hydrogen-bond donors (Lipinski definition) is 2. The summed E-state index contributed by atoms with van der Waals surface area (Å²) >= 11 is 0. The second kappa shape index (κ2) is 10.2. The summed E-state index contributed by atoms with van der Waals surface area (Å²) in [5.41, 5.74) is 1.84. The molecule has 0 unspecified atom stereocenters. The standard InChI is InChI=1S/C20H26N2O4/c1-4-26-17-8-6-5-7-16(17)21-12-11-20(23)22-14-15-9-10-18(24-2)19(13-15)25-3/h5-10,13,21H,4,11-12,14H2,1-3H3,(H,22,23). The van der Waals surface area contributed by atoms with Gasteiger partial charge in [-0.25, -0.2) is 0 Å². The zero-order valence-electron chi connectivity index (χ0n) is 15.5. The Balaban J connectivity index is 1.79. The number of hydrogen-bond acceptors (Lipinski definition) is 5. The number of carbonyl (C=O) groups excluding carboxylic acids is 1. The van der Waals surface area contributed by atoms with Crippen LogP contribution in [0.5, 0.6) is 17.2 Å². The maximum Gasteiger partial charge on any atom is 0.222 e. The number of ether oxygens (including phenoxy) is 3. The van der Waals surface area contributed by atoms with Crippen molar-refractivity contribution in [3.05, 3.63) is 48.0 Å². The Morgan fingerprint density at radius 2 is 1.77 bits per heavy atom. The summed E-state index contributed by atoms with van der Waals surface area (Å²) in [5.74, 6) is 2.08. The fraction of sp³-hybridized carbons (Fsp3) is 0.350. The van der Waals surface area contributed by atoms with E-state index in [2.05, 4.69) is 10.6 Å². The van der Waals surface area contributed by atoms with Crippen LogP contribution in [0.25, 0.3) is 0 Å². The summed E-state index contributed by atoms with van der Waals surface area (Å²) in [6, 6.07) is 13.3. The molecular formula is C20H26N2O4. The third kappa shape index (κ3) is 5.58. The van der Waals surface area contributed by atoms with Crippen LogP contribution in [-0.2, 0) is 11.3 Å². The van der Waals surface area contributed by atoms with Crippen molar-refractivity contribution in [2.45, 2.75) is 19.9 Å². The van der Waals surface area contributed by atoms with E-state index in [9.17, 15) is 4.79 Å². The number of benzene rings is 2. The highest BCUT2D eigenvalue weighted by molar-refractivity contribution is 5.76. The van der Waals surface area contributed by atoms with Crippen LogP contribution in [0.2, 0.25) is 0 Å². The van der Waals surface area contributed by atoms with Gasteiger partial charge in [-0.15, -0.1) is 0 Å². The van der Waals surface area contributed by atoms with Gasteiger partial charge in [0.2, 0.25) is 5.91 Å². The first-order valence-corrected chi connectivity index (χ1v) is 8.61. The molecule has 2 aromatic rings. The van der Waals surface area contributed by atoms with Crippen LogP contribution in [0.3, 0.4) is 0 Å². The maximum absolute atomic E-state index is 12.1.